The van der Waals surface area contributed by atoms with Crippen LogP contribution in [0.15, 0.2) is 497 Å². The van der Waals surface area contributed by atoms with E-state index in [-0.39, 0.29) is 0 Å². The standard InChI is InChI=1S/2C45H28N4S.C39H26N4/c1-3-13-29(14-4-1)43-46-44(30-15-5-2-6-16-30)48-45(47-43)49-39-23-9-7-19-35(39)36-26-25-32(28-40(36)49)31-17-11-18-33(27-31)34-21-12-22-38-37-20-8-10-24-41(37)50-42(34)38;1-3-12-29(13-4-1)43-46-44(30-14-5-2-6-15-30)48-45(47-43)31-22-25-33(26-23-31)49-39-20-9-7-16-35(39)36-27-24-32(28-40(36)49)34-18-11-19-38-37-17-8-10-21-41(37)50-42(34)38;1-4-13-27(14-5-1)30-23-24-34-33-21-10-11-22-35(33)43(36(34)26-30)32-20-12-19-31(25-32)39-41-37(28-15-6-2-7-16-28)40-38(42-39)29-17-8-3-9-18-29/h2*1-28H;1-26H. The summed E-state index contributed by atoms with van der Waals surface area (Å²) in [5, 5.41) is 12.5. The highest BCUT2D eigenvalue weighted by molar-refractivity contribution is 7.26. The Morgan fingerprint density at radius 3 is 0.825 bits per heavy atom. The Labute approximate surface area is 831 Å². The molecule has 28 aromatic rings. The van der Waals surface area contributed by atoms with Crippen LogP contribution >= 0.6 is 22.7 Å². The number of thiophene rings is 2. The lowest BCUT2D eigenvalue weighted by Crippen LogP contribution is -2.06. The topological polar surface area (TPSA) is 131 Å². The molecule has 8 aromatic heterocycles. The minimum atomic E-state index is 0.589. The van der Waals surface area contributed by atoms with Gasteiger partial charge in [0, 0.05) is 129 Å². The van der Waals surface area contributed by atoms with E-state index < -0.39 is 0 Å². The average molecular weight is 1860 g/mol. The molecule has 0 N–H and O–H groups in total. The van der Waals surface area contributed by atoms with Crippen molar-refractivity contribution in [2.24, 2.45) is 0 Å². The third-order valence-corrected chi connectivity index (χ3v) is 29.2. The molecule has 0 amide bonds. The molecular formula is C129H82N12S2. The van der Waals surface area contributed by atoms with Crippen LogP contribution in [0.3, 0.4) is 0 Å². The van der Waals surface area contributed by atoms with Crippen molar-refractivity contribution in [2.45, 2.75) is 0 Å². The van der Waals surface area contributed by atoms with Gasteiger partial charge in [0.25, 0.3) is 0 Å². The van der Waals surface area contributed by atoms with E-state index in [9.17, 15) is 0 Å². The summed E-state index contributed by atoms with van der Waals surface area (Å²) in [4.78, 5) is 44.7. The molecule has 0 spiro atoms. The fourth-order valence-corrected chi connectivity index (χ4v) is 22.4. The third-order valence-electron chi connectivity index (χ3n) is 26.8. The van der Waals surface area contributed by atoms with Crippen LogP contribution in [0, 0.1) is 0 Å². The van der Waals surface area contributed by atoms with Crippen LogP contribution in [0.5, 0.6) is 0 Å². The maximum absolute atomic E-state index is 5.12. The highest BCUT2D eigenvalue weighted by atomic mass is 32.1. The summed E-state index contributed by atoms with van der Waals surface area (Å²) in [5.41, 5.74) is 26.1. The van der Waals surface area contributed by atoms with Gasteiger partial charge in [0.2, 0.25) is 5.95 Å². The lowest BCUT2D eigenvalue weighted by Gasteiger charge is -2.12. The minimum Gasteiger partial charge on any atom is -0.309 e. The van der Waals surface area contributed by atoms with E-state index in [0.717, 1.165) is 99.8 Å². The number of fused-ring (bicyclic) bond motifs is 15. The first-order chi connectivity index (χ1) is 70.9. The number of benzene rings is 20. The zero-order valence-electron chi connectivity index (χ0n) is 77.0. The SMILES string of the molecule is c1ccc(-c2ccc3c4ccccc4n(-c4cccc(-c5nc(-c6ccccc6)nc(-c6ccccc6)n5)c4)c3c2)cc1.c1ccc(-c2nc(-c3ccccc3)nc(-c3ccc(-n4c5ccccc5c5ccc(-c6cccc7c6sc6ccccc67)cc54)cc3)n2)cc1.c1ccc(-c2nc(-c3ccccc3)nc(-n3c4ccccc4c4ccc(-c5cccc(-c6cccc7c6sc6ccccc67)c5)cc43)n2)cc1. The van der Waals surface area contributed by atoms with Gasteiger partial charge in [-0.15, -0.1) is 22.7 Å². The van der Waals surface area contributed by atoms with Crippen LogP contribution in [0.2, 0.25) is 0 Å². The molecular weight excluding hydrogens is 1780 g/mol. The molecule has 8 heterocycles. The van der Waals surface area contributed by atoms with Crippen LogP contribution < -0.4 is 0 Å². The largest absolute Gasteiger partial charge is 0.309 e. The summed E-state index contributed by atoms with van der Waals surface area (Å²) in [6, 6.07) is 174. The second kappa shape index (κ2) is 36.6. The lowest BCUT2D eigenvalue weighted by molar-refractivity contribution is 0.953. The maximum atomic E-state index is 5.12. The Balaban J connectivity index is 0.000000110. The van der Waals surface area contributed by atoms with Crippen LogP contribution in [-0.4, -0.2) is 58.6 Å². The van der Waals surface area contributed by atoms with Gasteiger partial charge in [-0.05, 0) is 136 Å². The van der Waals surface area contributed by atoms with E-state index in [0.29, 0.717) is 52.5 Å². The van der Waals surface area contributed by atoms with Crippen molar-refractivity contribution < 1.29 is 0 Å². The molecule has 0 aliphatic rings. The molecule has 0 fully saturated rings. The normalized spacial score (nSPS) is 11.5. The van der Waals surface area contributed by atoms with Gasteiger partial charge in [-0.3, -0.25) is 4.57 Å². The molecule has 0 atom stereocenters. The monoisotopic (exact) mass is 1860 g/mol. The van der Waals surface area contributed by atoms with Crippen LogP contribution in [0.25, 0.3) is 259 Å². The van der Waals surface area contributed by atoms with E-state index >= 15 is 0 Å². The number of para-hydroxylation sites is 3. The van der Waals surface area contributed by atoms with Crippen LogP contribution in [0.4, 0.5) is 0 Å². The quantitative estimate of drug-likeness (QED) is 0.0984. The lowest BCUT2D eigenvalue weighted by atomic mass is 9.97. The second-order valence-corrected chi connectivity index (χ2v) is 37.6. The van der Waals surface area contributed by atoms with E-state index in [1.54, 1.807) is 0 Å². The van der Waals surface area contributed by atoms with Crippen LogP contribution in [-0.2, 0) is 0 Å². The van der Waals surface area contributed by atoms with Gasteiger partial charge < -0.3 is 9.13 Å². The predicted octanol–water partition coefficient (Wildman–Crippen LogP) is 33.6. The Hall–Kier alpha value is -18.7. The first-order valence-corrected chi connectivity index (χ1v) is 49.4. The summed E-state index contributed by atoms with van der Waals surface area (Å²) in [6.07, 6.45) is 0. The zero-order valence-corrected chi connectivity index (χ0v) is 78.7. The molecule has 0 aliphatic heterocycles. The van der Waals surface area contributed by atoms with E-state index in [1.165, 1.54) is 106 Å². The first kappa shape index (κ1) is 84.7. The van der Waals surface area contributed by atoms with Crippen molar-refractivity contribution in [3.63, 3.8) is 0 Å². The molecule has 28 rings (SSSR count). The summed E-state index contributed by atoms with van der Waals surface area (Å²) >= 11 is 3.73. The van der Waals surface area contributed by atoms with Gasteiger partial charge in [0.1, 0.15) is 0 Å². The van der Waals surface area contributed by atoms with Gasteiger partial charge in [-0.25, -0.2) is 34.9 Å². The fourth-order valence-electron chi connectivity index (χ4n) is 20.0. The molecule has 0 aliphatic carbocycles. The van der Waals surface area contributed by atoms with Gasteiger partial charge >= 0.3 is 0 Å². The summed E-state index contributed by atoms with van der Waals surface area (Å²) < 4.78 is 12.2. The molecule has 0 saturated heterocycles. The molecule has 0 bridgehead atoms. The number of hydrogen-bond acceptors (Lipinski definition) is 11. The Bertz CT molecular complexity index is 9540. The molecule has 0 saturated carbocycles. The summed E-state index contributed by atoms with van der Waals surface area (Å²) in [6.45, 7) is 0. The Kier molecular flexibility index (Phi) is 21.7. The molecule has 12 nitrogen and oxygen atoms in total. The Morgan fingerprint density at radius 2 is 0.399 bits per heavy atom. The van der Waals surface area contributed by atoms with Gasteiger partial charge in [0.15, 0.2) is 46.6 Å². The first-order valence-electron chi connectivity index (χ1n) is 47.8. The molecule has 143 heavy (non-hydrogen) atoms. The predicted molar refractivity (Wildman–Crippen MR) is 594 cm³/mol. The maximum Gasteiger partial charge on any atom is 0.238 e. The van der Waals surface area contributed by atoms with E-state index in [2.05, 4.69) is 329 Å². The van der Waals surface area contributed by atoms with Crippen molar-refractivity contribution in [1.82, 2.24) is 58.6 Å². The smallest absolute Gasteiger partial charge is 0.238 e. The van der Waals surface area contributed by atoms with Crippen molar-refractivity contribution in [3.05, 3.63) is 497 Å². The van der Waals surface area contributed by atoms with E-state index in [1.807, 2.05) is 205 Å². The summed E-state index contributed by atoms with van der Waals surface area (Å²) in [7, 11) is 0. The third kappa shape index (κ3) is 15.9. The van der Waals surface area contributed by atoms with E-state index in [4.69, 9.17) is 44.9 Å². The Morgan fingerprint density at radius 1 is 0.140 bits per heavy atom. The number of nitrogens with zero attached hydrogens (tertiary/aromatic N) is 12. The fraction of sp³-hybridized carbons (Fsp3) is 0. The number of aromatic nitrogens is 12. The number of hydrogen-bond donors (Lipinski definition) is 0. The highest BCUT2D eigenvalue weighted by Crippen LogP contribution is 2.47. The average Bonchev–Trinajstić information content (AvgIpc) is 1.59. The van der Waals surface area contributed by atoms with Crippen LogP contribution in [0.1, 0.15) is 0 Å². The molecule has 0 unspecified atom stereocenters. The van der Waals surface area contributed by atoms with Crippen molar-refractivity contribution in [3.8, 4) is 153 Å². The molecule has 670 valence electrons. The molecule has 20 aromatic carbocycles. The highest BCUT2D eigenvalue weighted by Gasteiger charge is 2.25. The minimum absolute atomic E-state index is 0.589. The second-order valence-electron chi connectivity index (χ2n) is 35.4. The van der Waals surface area contributed by atoms with Gasteiger partial charge in [0.05, 0.1) is 33.1 Å². The molecule has 14 heteroatoms. The number of rotatable bonds is 15. The van der Waals surface area contributed by atoms with Crippen molar-refractivity contribution >= 4 is 128 Å². The summed E-state index contributed by atoms with van der Waals surface area (Å²) in [5.74, 6) is 5.76. The van der Waals surface area contributed by atoms with Gasteiger partial charge in [-0.2, -0.15) is 9.97 Å². The van der Waals surface area contributed by atoms with Crippen molar-refractivity contribution in [2.75, 3.05) is 0 Å². The van der Waals surface area contributed by atoms with Crippen molar-refractivity contribution in [1.29, 1.82) is 0 Å². The molecule has 0 radical (unpaired) electrons. The van der Waals surface area contributed by atoms with Gasteiger partial charge in [-0.1, -0.05) is 406 Å². The zero-order chi connectivity index (χ0) is 94.6.